The summed E-state index contributed by atoms with van der Waals surface area (Å²) in [6, 6.07) is 12.0. The number of likely N-dealkylation sites (N-methyl/N-ethyl adjacent to an activating group) is 1. The number of carbonyl (C=O) groups is 2. The van der Waals surface area contributed by atoms with E-state index >= 15 is 0 Å². The summed E-state index contributed by atoms with van der Waals surface area (Å²) >= 11 is 12.0. The molecule has 150 valence electrons. The Balaban J connectivity index is 2.13. The zero-order valence-electron chi connectivity index (χ0n) is 16.2. The van der Waals surface area contributed by atoms with Crippen molar-refractivity contribution in [2.75, 3.05) is 13.7 Å². The van der Waals surface area contributed by atoms with E-state index in [9.17, 15) is 9.59 Å². The van der Waals surface area contributed by atoms with Crippen LogP contribution in [0.1, 0.15) is 25.0 Å². The number of nitrogens with one attached hydrogen (secondary N) is 1. The van der Waals surface area contributed by atoms with Gasteiger partial charge in [0, 0.05) is 13.6 Å². The lowest BCUT2D eigenvalue weighted by Crippen LogP contribution is -2.48. The average molecular weight is 423 g/mol. The molecule has 1 atom stereocenters. The predicted octanol–water partition coefficient (Wildman–Crippen LogP) is 4.10. The summed E-state index contributed by atoms with van der Waals surface area (Å²) in [5.74, 6) is 0.0371. The van der Waals surface area contributed by atoms with Gasteiger partial charge in [0.15, 0.2) is 6.61 Å². The van der Waals surface area contributed by atoms with E-state index < -0.39 is 6.04 Å². The molecule has 0 radical (unpaired) electrons. The molecule has 0 aliphatic rings. The Hall–Kier alpha value is -2.24. The SMILES string of the molecule is CCc1ccc(OCC(=O)N(Cc2ccc(Cl)c(Cl)c2)C(C)C(=O)NC)cc1. The predicted molar refractivity (Wildman–Crippen MR) is 112 cm³/mol. The minimum Gasteiger partial charge on any atom is -0.484 e. The molecule has 0 saturated carbocycles. The largest absolute Gasteiger partial charge is 0.484 e. The first kappa shape index (κ1) is 22.1. The van der Waals surface area contributed by atoms with Gasteiger partial charge in [0.05, 0.1) is 10.0 Å². The van der Waals surface area contributed by atoms with Gasteiger partial charge in [-0.15, -0.1) is 0 Å². The minimum absolute atomic E-state index is 0.172. The van der Waals surface area contributed by atoms with Crippen LogP contribution in [0.3, 0.4) is 0 Å². The van der Waals surface area contributed by atoms with Gasteiger partial charge in [-0.2, -0.15) is 0 Å². The number of benzene rings is 2. The molecule has 1 unspecified atom stereocenters. The van der Waals surface area contributed by atoms with E-state index in [1.54, 1.807) is 25.1 Å². The van der Waals surface area contributed by atoms with Crippen LogP contribution in [-0.4, -0.2) is 36.4 Å². The molecule has 0 fully saturated rings. The topological polar surface area (TPSA) is 58.6 Å². The maximum atomic E-state index is 12.8. The highest BCUT2D eigenvalue weighted by Crippen LogP contribution is 2.24. The molecule has 5 nitrogen and oxygen atoms in total. The number of aryl methyl sites for hydroxylation is 1. The Morgan fingerprint density at radius 2 is 1.71 bits per heavy atom. The second-order valence-electron chi connectivity index (χ2n) is 6.35. The van der Waals surface area contributed by atoms with Crippen LogP contribution in [-0.2, 0) is 22.6 Å². The van der Waals surface area contributed by atoms with Crippen molar-refractivity contribution in [3.63, 3.8) is 0 Å². The molecule has 0 aliphatic heterocycles. The van der Waals surface area contributed by atoms with Gasteiger partial charge in [0.2, 0.25) is 5.91 Å². The Bertz CT molecular complexity index is 825. The molecule has 1 N–H and O–H groups in total. The first-order chi connectivity index (χ1) is 13.3. The molecule has 0 bridgehead atoms. The zero-order valence-corrected chi connectivity index (χ0v) is 17.7. The van der Waals surface area contributed by atoms with Crippen molar-refractivity contribution in [1.82, 2.24) is 10.2 Å². The number of ether oxygens (including phenoxy) is 1. The van der Waals surface area contributed by atoms with Crippen LogP contribution in [0, 0.1) is 0 Å². The monoisotopic (exact) mass is 422 g/mol. The van der Waals surface area contributed by atoms with Crippen LogP contribution in [0.4, 0.5) is 0 Å². The molecule has 2 aromatic rings. The Kier molecular flexibility index (Phi) is 8.15. The number of halogens is 2. The van der Waals surface area contributed by atoms with E-state index in [0.717, 1.165) is 12.0 Å². The lowest BCUT2D eigenvalue weighted by Gasteiger charge is -2.28. The number of rotatable bonds is 8. The molecule has 0 spiro atoms. The fraction of sp³-hybridized carbons (Fsp3) is 0.333. The van der Waals surface area contributed by atoms with Crippen LogP contribution in [0.2, 0.25) is 10.0 Å². The maximum Gasteiger partial charge on any atom is 0.261 e. The molecule has 2 amide bonds. The standard InChI is InChI=1S/C21H24Cl2N2O3/c1-4-15-5-8-17(9-6-15)28-13-20(26)25(14(2)21(27)24-3)12-16-7-10-18(22)19(23)11-16/h5-11,14H,4,12-13H2,1-3H3,(H,24,27). The third-order valence-corrected chi connectivity index (χ3v) is 5.18. The Morgan fingerprint density at radius 1 is 1.07 bits per heavy atom. The van der Waals surface area contributed by atoms with Crippen molar-refractivity contribution in [1.29, 1.82) is 0 Å². The Labute approximate surface area is 175 Å². The molecule has 0 saturated heterocycles. The molecular formula is C21H24Cl2N2O3. The van der Waals surface area contributed by atoms with Gasteiger partial charge < -0.3 is 15.0 Å². The van der Waals surface area contributed by atoms with Crippen LogP contribution in [0.5, 0.6) is 5.75 Å². The summed E-state index contributed by atoms with van der Waals surface area (Å²) < 4.78 is 5.62. The smallest absolute Gasteiger partial charge is 0.261 e. The van der Waals surface area contributed by atoms with Gasteiger partial charge in [-0.05, 0) is 48.7 Å². The fourth-order valence-electron chi connectivity index (χ4n) is 2.68. The highest BCUT2D eigenvalue weighted by molar-refractivity contribution is 6.42. The first-order valence-electron chi connectivity index (χ1n) is 9.02. The van der Waals surface area contributed by atoms with E-state index in [-0.39, 0.29) is 25.0 Å². The summed E-state index contributed by atoms with van der Waals surface area (Å²) in [7, 11) is 1.53. The summed E-state index contributed by atoms with van der Waals surface area (Å²) in [5, 5.41) is 3.40. The third-order valence-electron chi connectivity index (χ3n) is 4.44. The molecule has 28 heavy (non-hydrogen) atoms. The highest BCUT2D eigenvalue weighted by Gasteiger charge is 2.26. The van der Waals surface area contributed by atoms with Gasteiger partial charge in [-0.1, -0.05) is 48.3 Å². The van der Waals surface area contributed by atoms with Gasteiger partial charge in [0.25, 0.3) is 5.91 Å². The van der Waals surface area contributed by atoms with Crippen molar-refractivity contribution in [3.8, 4) is 5.75 Å². The first-order valence-corrected chi connectivity index (χ1v) is 9.78. The summed E-state index contributed by atoms with van der Waals surface area (Å²) in [6.45, 7) is 3.78. The summed E-state index contributed by atoms with van der Waals surface area (Å²) in [6.07, 6.45) is 0.931. The van der Waals surface area contributed by atoms with E-state index in [1.807, 2.05) is 24.3 Å². The third kappa shape index (κ3) is 5.88. The van der Waals surface area contributed by atoms with Crippen molar-refractivity contribution < 1.29 is 14.3 Å². The van der Waals surface area contributed by atoms with Crippen molar-refractivity contribution in [2.45, 2.75) is 32.9 Å². The molecular weight excluding hydrogens is 399 g/mol. The quantitative estimate of drug-likeness (QED) is 0.696. The van der Waals surface area contributed by atoms with Crippen LogP contribution < -0.4 is 10.1 Å². The number of hydrogen-bond donors (Lipinski definition) is 1. The molecule has 0 aliphatic carbocycles. The summed E-state index contributed by atoms with van der Waals surface area (Å²) in [5.41, 5.74) is 1.96. The average Bonchev–Trinajstić information content (AvgIpc) is 2.72. The van der Waals surface area contributed by atoms with Crippen molar-refractivity contribution >= 4 is 35.0 Å². The lowest BCUT2D eigenvalue weighted by molar-refractivity contribution is -0.142. The molecule has 2 aromatic carbocycles. The maximum absolute atomic E-state index is 12.8. The van der Waals surface area contributed by atoms with Crippen LogP contribution >= 0.6 is 23.2 Å². The van der Waals surface area contributed by atoms with E-state index in [0.29, 0.717) is 15.8 Å². The van der Waals surface area contributed by atoms with E-state index in [2.05, 4.69) is 12.2 Å². The fourth-order valence-corrected chi connectivity index (χ4v) is 3.00. The number of amides is 2. The number of hydrogen-bond acceptors (Lipinski definition) is 3. The van der Waals surface area contributed by atoms with Gasteiger partial charge in [0.1, 0.15) is 11.8 Å². The van der Waals surface area contributed by atoms with Gasteiger partial charge in [-0.25, -0.2) is 0 Å². The highest BCUT2D eigenvalue weighted by atomic mass is 35.5. The minimum atomic E-state index is -0.668. The van der Waals surface area contributed by atoms with E-state index in [1.165, 1.54) is 17.5 Å². The molecule has 7 heteroatoms. The molecule has 0 heterocycles. The second-order valence-corrected chi connectivity index (χ2v) is 7.16. The van der Waals surface area contributed by atoms with Crippen LogP contribution in [0.25, 0.3) is 0 Å². The van der Waals surface area contributed by atoms with Crippen LogP contribution in [0.15, 0.2) is 42.5 Å². The van der Waals surface area contributed by atoms with Crippen molar-refractivity contribution in [3.05, 3.63) is 63.6 Å². The Morgan fingerprint density at radius 3 is 2.29 bits per heavy atom. The molecule has 2 rings (SSSR count). The van der Waals surface area contributed by atoms with Crippen molar-refractivity contribution in [2.24, 2.45) is 0 Å². The lowest BCUT2D eigenvalue weighted by atomic mass is 10.1. The normalized spacial score (nSPS) is 11.6. The number of carbonyl (C=O) groups excluding carboxylic acids is 2. The summed E-state index contributed by atoms with van der Waals surface area (Å²) in [4.78, 5) is 26.4. The molecule has 0 aromatic heterocycles. The number of nitrogens with zero attached hydrogens (tertiary/aromatic N) is 1. The zero-order chi connectivity index (χ0) is 20.7. The second kappa shape index (κ2) is 10.3. The van der Waals surface area contributed by atoms with Gasteiger partial charge in [-0.3, -0.25) is 9.59 Å². The van der Waals surface area contributed by atoms with E-state index in [4.69, 9.17) is 27.9 Å². The van der Waals surface area contributed by atoms with Gasteiger partial charge >= 0.3 is 0 Å².